The number of fused-ring (bicyclic) bond motifs is 1. The molecule has 21 heavy (non-hydrogen) atoms. The monoisotopic (exact) mass is 291 g/mol. The van der Waals surface area contributed by atoms with Gasteiger partial charge in [0.15, 0.2) is 0 Å². The lowest BCUT2D eigenvalue weighted by molar-refractivity contribution is 0.127. The van der Waals surface area contributed by atoms with Gasteiger partial charge in [-0.2, -0.15) is 0 Å². The number of aliphatic hydroxyl groups excluding tert-OH is 2. The van der Waals surface area contributed by atoms with Crippen LogP contribution in [0.4, 0.5) is 5.82 Å². The van der Waals surface area contributed by atoms with Gasteiger partial charge in [0.05, 0.1) is 11.5 Å². The van der Waals surface area contributed by atoms with Gasteiger partial charge in [0.1, 0.15) is 17.8 Å². The molecule has 0 spiro atoms. The van der Waals surface area contributed by atoms with Crippen molar-refractivity contribution in [3.63, 3.8) is 0 Å². The molecule has 0 radical (unpaired) electrons. The Hall–Kier alpha value is -1.70. The highest BCUT2D eigenvalue weighted by molar-refractivity contribution is 5.87. The van der Waals surface area contributed by atoms with Gasteiger partial charge in [-0.1, -0.05) is 0 Å². The summed E-state index contributed by atoms with van der Waals surface area (Å²) in [6, 6.07) is 1.96. The number of aliphatic hydroxyl groups is 2. The molecule has 0 amide bonds. The van der Waals surface area contributed by atoms with Gasteiger partial charge in [0, 0.05) is 45.5 Å². The van der Waals surface area contributed by atoms with Crippen molar-refractivity contribution in [2.75, 3.05) is 44.2 Å². The van der Waals surface area contributed by atoms with Gasteiger partial charge < -0.3 is 20.1 Å². The minimum atomic E-state index is -0.421. The van der Waals surface area contributed by atoms with Crippen molar-refractivity contribution in [3.05, 3.63) is 18.6 Å². The Morgan fingerprint density at radius 2 is 2.19 bits per heavy atom. The number of aromatic amines is 1. The third-order valence-electron chi connectivity index (χ3n) is 3.85. The molecule has 3 N–H and O–H groups in total. The van der Waals surface area contributed by atoms with E-state index in [1.54, 1.807) is 6.33 Å². The Morgan fingerprint density at radius 1 is 1.29 bits per heavy atom. The molecule has 3 rings (SSSR count). The van der Waals surface area contributed by atoms with E-state index < -0.39 is 6.10 Å². The van der Waals surface area contributed by atoms with Crippen molar-refractivity contribution in [3.8, 4) is 0 Å². The predicted molar refractivity (Wildman–Crippen MR) is 80.3 cm³/mol. The maximum atomic E-state index is 10.2. The molecule has 0 unspecified atom stereocenters. The van der Waals surface area contributed by atoms with E-state index in [0.29, 0.717) is 13.1 Å². The molecule has 1 saturated heterocycles. The lowest BCUT2D eigenvalue weighted by Crippen LogP contribution is -2.34. The summed E-state index contributed by atoms with van der Waals surface area (Å²) in [6.07, 6.45) is 3.72. The number of hydrogen-bond donors (Lipinski definition) is 3. The second kappa shape index (κ2) is 6.38. The fourth-order valence-electron chi connectivity index (χ4n) is 2.86. The van der Waals surface area contributed by atoms with Crippen LogP contribution in [0.5, 0.6) is 0 Å². The first-order chi connectivity index (χ1) is 10.3. The van der Waals surface area contributed by atoms with E-state index in [1.807, 2.05) is 12.3 Å². The van der Waals surface area contributed by atoms with Crippen LogP contribution in [0.15, 0.2) is 18.6 Å². The maximum absolute atomic E-state index is 10.2. The molecule has 3 heterocycles. The number of nitrogens with one attached hydrogen (secondary N) is 1. The molecular weight excluding hydrogens is 270 g/mol. The van der Waals surface area contributed by atoms with Gasteiger partial charge in [0.25, 0.3) is 0 Å². The second-order valence-electron chi connectivity index (χ2n) is 5.41. The second-order valence-corrected chi connectivity index (χ2v) is 5.41. The predicted octanol–water partition coefficient (Wildman–Crippen LogP) is -0.177. The van der Waals surface area contributed by atoms with Crippen LogP contribution < -0.4 is 4.90 Å². The van der Waals surface area contributed by atoms with Gasteiger partial charge in [-0.25, -0.2) is 9.97 Å². The van der Waals surface area contributed by atoms with E-state index in [2.05, 4.69) is 24.8 Å². The summed E-state index contributed by atoms with van der Waals surface area (Å²) in [5.74, 6) is 0.865. The van der Waals surface area contributed by atoms with E-state index in [0.717, 1.165) is 42.9 Å². The van der Waals surface area contributed by atoms with Crippen LogP contribution in [0.25, 0.3) is 11.0 Å². The van der Waals surface area contributed by atoms with E-state index in [9.17, 15) is 5.11 Å². The Morgan fingerprint density at radius 3 is 3.05 bits per heavy atom. The molecule has 1 aliphatic rings. The van der Waals surface area contributed by atoms with Crippen LogP contribution in [0.3, 0.4) is 0 Å². The summed E-state index contributed by atoms with van der Waals surface area (Å²) < 4.78 is 0. The van der Waals surface area contributed by atoms with Gasteiger partial charge in [0.2, 0.25) is 0 Å². The third kappa shape index (κ3) is 3.15. The molecule has 7 heteroatoms. The average molecular weight is 291 g/mol. The molecule has 0 aliphatic carbocycles. The molecule has 0 bridgehead atoms. The Kier molecular flexibility index (Phi) is 4.33. The molecule has 1 atom stereocenters. The highest BCUT2D eigenvalue weighted by atomic mass is 16.3. The Balaban J connectivity index is 1.78. The molecule has 0 saturated carbocycles. The number of anilines is 1. The SMILES string of the molecule is OCCCN1CCN(c2ncnc3[nH]ccc23)C[C@H](O)C1. The minimum absolute atomic E-state index is 0.187. The molecule has 2 aromatic heterocycles. The lowest BCUT2D eigenvalue weighted by atomic mass is 10.3. The lowest BCUT2D eigenvalue weighted by Gasteiger charge is -2.23. The first-order valence-electron chi connectivity index (χ1n) is 7.32. The van der Waals surface area contributed by atoms with E-state index in [4.69, 9.17) is 5.11 Å². The van der Waals surface area contributed by atoms with Crippen LogP contribution >= 0.6 is 0 Å². The maximum Gasteiger partial charge on any atom is 0.142 e. The summed E-state index contributed by atoms with van der Waals surface area (Å²) in [6.45, 7) is 3.86. The largest absolute Gasteiger partial charge is 0.396 e. The van der Waals surface area contributed by atoms with Crippen molar-refractivity contribution in [1.29, 1.82) is 0 Å². The van der Waals surface area contributed by atoms with Crippen molar-refractivity contribution < 1.29 is 10.2 Å². The zero-order valence-corrected chi connectivity index (χ0v) is 11.9. The van der Waals surface area contributed by atoms with Gasteiger partial charge in [-0.3, -0.25) is 4.90 Å². The molecule has 1 fully saturated rings. The van der Waals surface area contributed by atoms with Gasteiger partial charge in [-0.05, 0) is 12.5 Å². The fourth-order valence-corrected chi connectivity index (χ4v) is 2.86. The van der Waals surface area contributed by atoms with Crippen LogP contribution in [0.1, 0.15) is 6.42 Å². The van der Waals surface area contributed by atoms with Gasteiger partial charge >= 0.3 is 0 Å². The van der Waals surface area contributed by atoms with Crippen molar-refractivity contribution in [1.82, 2.24) is 19.9 Å². The van der Waals surface area contributed by atoms with Crippen molar-refractivity contribution in [2.45, 2.75) is 12.5 Å². The normalized spacial score (nSPS) is 20.9. The molecule has 2 aromatic rings. The fraction of sp³-hybridized carbons (Fsp3) is 0.571. The quantitative estimate of drug-likeness (QED) is 0.724. The standard InChI is InChI=1S/C14H21N5O2/c20-7-1-4-18-5-6-19(9-11(21)8-18)14-12-2-3-15-13(12)16-10-17-14/h2-3,10-11,20-21H,1,4-9H2,(H,15,16,17)/t11-/m1/s1. The summed E-state index contributed by atoms with van der Waals surface area (Å²) in [4.78, 5) is 16.0. The average Bonchev–Trinajstić information content (AvgIpc) is 2.89. The van der Waals surface area contributed by atoms with Gasteiger partial charge in [-0.15, -0.1) is 0 Å². The number of β-amino-alcohol motifs (C(OH)–C–C–N with tert-alkyl or cyclic N) is 1. The minimum Gasteiger partial charge on any atom is -0.396 e. The number of nitrogens with zero attached hydrogens (tertiary/aromatic N) is 4. The number of aromatic nitrogens is 3. The zero-order chi connectivity index (χ0) is 14.7. The van der Waals surface area contributed by atoms with E-state index in [1.165, 1.54) is 0 Å². The molecule has 7 nitrogen and oxygen atoms in total. The first kappa shape index (κ1) is 14.2. The van der Waals surface area contributed by atoms with Crippen LogP contribution in [0, 0.1) is 0 Å². The Labute approximate surface area is 123 Å². The van der Waals surface area contributed by atoms with Crippen molar-refractivity contribution >= 4 is 16.9 Å². The first-order valence-corrected chi connectivity index (χ1v) is 7.32. The van der Waals surface area contributed by atoms with Crippen LogP contribution in [0.2, 0.25) is 0 Å². The number of H-pyrrole nitrogens is 1. The summed E-state index contributed by atoms with van der Waals surface area (Å²) in [7, 11) is 0. The highest BCUT2D eigenvalue weighted by Gasteiger charge is 2.23. The zero-order valence-electron chi connectivity index (χ0n) is 11.9. The summed E-state index contributed by atoms with van der Waals surface area (Å²) in [5, 5.41) is 20.1. The third-order valence-corrected chi connectivity index (χ3v) is 3.85. The number of hydrogen-bond acceptors (Lipinski definition) is 6. The molecule has 1 aliphatic heterocycles. The smallest absolute Gasteiger partial charge is 0.142 e. The molecule has 0 aromatic carbocycles. The van der Waals surface area contributed by atoms with Crippen LogP contribution in [-0.2, 0) is 0 Å². The van der Waals surface area contributed by atoms with Crippen LogP contribution in [-0.4, -0.2) is 75.5 Å². The Bertz CT molecular complexity index is 588. The van der Waals surface area contributed by atoms with E-state index in [-0.39, 0.29) is 6.61 Å². The van der Waals surface area contributed by atoms with Crippen molar-refractivity contribution in [2.24, 2.45) is 0 Å². The summed E-state index contributed by atoms with van der Waals surface area (Å²) in [5.41, 5.74) is 0.816. The highest BCUT2D eigenvalue weighted by Crippen LogP contribution is 2.23. The molecular formula is C14H21N5O2. The molecule has 114 valence electrons. The summed E-state index contributed by atoms with van der Waals surface area (Å²) >= 11 is 0. The topological polar surface area (TPSA) is 88.5 Å². The number of rotatable bonds is 4. The van der Waals surface area contributed by atoms with E-state index >= 15 is 0 Å².